The van der Waals surface area contributed by atoms with Gasteiger partial charge >= 0.3 is 0 Å². The average Bonchev–Trinajstić information content (AvgIpc) is 2.54. The Balaban J connectivity index is 2.36. The number of hydrogen-bond acceptors (Lipinski definition) is 2. The van der Waals surface area contributed by atoms with Gasteiger partial charge in [-0.05, 0) is 24.0 Å². The van der Waals surface area contributed by atoms with Crippen LogP contribution in [0.4, 0.5) is 0 Å². The van der Waals surface area contributed by atoms with Gasteiger partial charge in [0.2, 0.25) is 0 Å². The number of aromatic nitrogens is 1. The SMILES string of the molecule is Cc1ccc([C@H]2[C@H](N)C2(C)C)c(Cl)n1. The molecule has 1 heterocycles. The molecule has 0 aromatic carbocycles. The predicted molar refractivity (Wildman–Crippen MR) is 58.5 cm³/mol. The average molecular weight is 211 g/mol. The molecule has 2 nitrogen and oxygen atoms in total. The van der Waals surface area contributed by atoms with Crippen molar-refractivity contribution < 1.29 is 0 Å². The molecular weight excluding hydrogens is 196 g/mol. The molecule has 2 rings (SSSR count). The zero-order valence-corrected chi connectivity index (χ0v) is 9.47. The summed E-state index contributed by atoms with van der Waals surface area (Å²) in [6.07, 6.45) is 0. The van der Waals surface area contributed by atoms with Gasteiger partial charge in [-0.15, -0.1) is 0 Å². The van der Waals surface area contributed by atoms with Crippen LogP contribution in [0.5, 0.6) is 0 Å². The van der Waals surface area contributed by atoms with Gasteiger partial charge in [-0.3, -0.25) is 0 Å². The van der Waals surface area contributed by atoms with Crippen molar-refractivity contribution >= 4 is 11.6 Å². The number of aryl methyl sites for hydroxylation is 1. The minimum Gasteiger partial charge on any atom is -0.327 e. The van der Waals surface area contributed by atoms with E-state index in [1.165, 1.54) is 0 Å². The van der Waals surface area contributed by atoms with Crippen molar-refractivity contribution in [3.05, 3.63) is 28.5 Å². The molecule has 0 spiro atoms. The van der Waals surface area contributed by atoms with Crippen LogP contribution in [-0.2, 0) is 0 Å². The van der Waals surface area contributed by atoms with Crippen LogP contribution < -0.4 is 5.73 Å². The van der Waals surface area contributed by atoms with Crippen LogP contribution in [0.2, 0.25) is 5.15 Å². The highest BCUT2D eigenvalue weighted by Crippen LogP contribution is 2.58. The Bertz CT molecular complexity index is 374. The number of hydrogen-bond donors (Lipinski definition) is 1. The number of rotatable bonds is 1. The Hall–Kier alpha value is -0.600. The highest BCUT2D eigenvalue weighted by molar-refractivity contribution is 6.30. The van der Waals surface area contributed by atoms with Gasteiger partial charge in [0.05, 0.1) is 0 Å². The summed E-state index contributed by atoms with van der Waals surface area (Å²) in [7, 11) is 0. The molecule has 0 radical (unpaired) electrons. The van der Waals surface area contributed by atoms with Crippen molar-refractivity contribution in [3.63, 3.8) is 0 Å². The molecule has 1 aliphatic rings. The molecule has 0 amide bonds. The van der Waals surface area contributed by atoms with Gasteiger partial charge in [0.25, 0.3) is 0 Å². The van der Waals surface area contributed by atoms with Crippen molar-refractivity contribution in [2.45, 2.75) is 32.7 Å². The lowest BCUT2D eigenvalue weighted by molar-refractivity contribution is 0.598. The van der Waals surface area contributed by atoms with Gasteiger partial charge in [0, 0.05) is 17.7 Å². The fourth-order valence-corrected chi connectivity index (χ4v) is 2.35. The molecule has 76 valence electrons. The van der Waals surface area contributed by atoms with Crippen molar-refractivity contribution in [1.82, 2.24) is 4.98 Å². The minimum absolute atomic E-state index is 0.167. The summed E-state index contributed by atoms with van der Waals surface area (Å²) in [4.78, 5) is 4.24. The van der Waals surface area contributed by atoms with Gasteiger partial charge in [0.1, 0.15) is 5.15 Å². The maximum atomic E-state index is 6.09. The summed E-state index contributed by atoms with van der Waals surface area (Å²) in [5.41, 5.74) is 8.21. The second-order valence-corrected chi connectivity index (χ2v) is 5.02. The van der Waals surface area contributed by atoms with Gasteiger partial charge in [0.15, 0.2) is 0 Å². The zero-order chi connectivity index (χ0) is 10.5. The van der Waals surface area contributed by atoms with Crippen LogP contribution in [0, 0.1) is 12.3 Å². The van der Waals surface area contributed by atoms with Crippen molar-refractivity contribution in [3.8, 4) is 0 Å². The predicted octanol–water partition coefficient (Wildman–Crippen LogP) is 2.49. The first-order valence-electron chi connectivity index (χ1n) is 4.83. The largest absolute Gasteiger partial charge is 0.327 e. The Morgan fingerprint density at radius 1 is 1.43 bits per heavy atom. The van der Waals surface area contributed by atoms with E-state index in [1.807, 2.05) is 19.1 Å². The number of halogens is 1. The Morgan fingerprint density at radius 2 is 2.00 bits per heavy atom. The smallest absolute Gasteiger partial charge is 0.132 e. The molecule has 3 heteroatoms. The molecule has 1 fully saturated rings. The first kappa shape index (κ1) is 9.94. The number of pyridine rings is 1. The van der Waals surface area contributed by atoms with Crippen LogP contribution in [0.1, 0.15) is 31.0 Å². The molecule has 0 bridgehead atoms. The maximum Gasteiger partial charge on any atom is 0.132 e. The van der Waals surface area contributed by atoms with E-state index >= 15 is 0 Å². The van der Waals surface area contributed by atoms with Gasteiger partial charge in [-0.2, -0.15) is 0 Å². The molecule has 0 saturated heterocycles. The monoisotopic (exact) mass is 210 g/mol. The Morgan fingerprint density at radius 3 is 2.43 bits per heavy atom. The van der Waals surface area contributed by atoms with E-state index in [2.05, 4.69) is 18.8 Å². The highest BCUT2D eigenvalue weighted by atomic mass is 35.5. The van der Waals surface area contributed by atoms with E-state index in [-0.39, 0.29) is 11.5 Å². The standard InChI is InChI=1S/C11H15ClN2/c1-6-4-5-7(10(12)14-6)8-9(13)11(8,2)3/h4-5,8-9H,13H2,1-3H3/t8-,9-/m0/s1. The lowest BCUT2D eigenvalue weighted by Gasteiger charge is -2.05. The van der Waals surface area contributed by atoms with Crippen molar-refractivity contribution in [2.24, 2.45) is 11.1 Å². The maximum absolute atomic E-state index is 6.09. The molecule has 2 N–H and O–H groups in total. The second-order valence-electron chi connectivity index (χ2n) is 4.66. The Labute approximate surface area is 89.5 Å². The molecule has 1 aromatic rings. The number of nitrogens with two attached hydrogens (primary N) is 1. The van der Waals surface area contributed by atoms with E-state index in [0.29, 0.717) is 11.1 Å². The summed E-state index contributed by atoms with van der Waals surface area (Å²) in [5, 5.41) is 0.607. The van der Waals surface area contributed by atoms with E-state index in [9.17, 15) is 0 Å². The normalized spacial score (nSPS) is 28.9. The van der Waals surface area contributed by atoms with E-state index in [4.69, 9.17) is 17.3 Å². The molecule has 0 unspecified atom stereocenters. The van der Waals surface area contributed by atoms with Crippen LogP contribution in [0.15, 0.2) is 12.1 Å². The molecule has 0 aliphatic heterocycles. The molecule has 1 saturated carbocycles. The third-order valence-electron chi connectivity index (χ3n) is 3.26. The Kier molecular flexibility index (Phi) is 2.09. The van der Waals surface area contributed by atoms with Crippen LogP contribution >= 0.6 is 11.6 Å². The zero-order valence-electron chi connectivity index (χ0n) is 8.71. The summed E-state index contributed by atoms with van der Waals surface area (Å²) >= 11 is 6.09. The van der Waals surface area contributed by atoms with E-state index in [0.717, 1.165) is 11.3 Å². The molecular formula is C11H15ClN2. The van der Waals surface area contributed by atoms with Crippen molar-refractivity contribution in [2.75, 3.05) is 0 Å². The first-order chi connectivity index (χ1) is 6.44. The number of nitrogens with zero attached hydrogens (tertiary/aromatic N) is 1. The third kappa shape index (κ3) is 1.33. The van der Waals surface area contributed by atoms with Gasteiger partial charge in [-0.25, -0.2) is 4.98 Å². The lowest BCUT2D eigenvalue weighted by Crippen LogP contribution is -2.06. The van der Waals surface area contributed by atoms with Crippen LogP contribution in [0.25, 0.3) is 0 Å². The molecule has 1 aromatic heterocycles. The van der Waals surface area contributed by atoms with Crippen LogP contribution in [0.3, 0.4) is 0 Å². The minimum atomic E-state index is 0.167. The van der Waals surface area contributed by atoms with Crippen LogP contribution in [-0.4, -0.2) is 11.0 Å². The summed E-state index contributed by atoms with van der Waals surface area (Å²) < 4.78 is 0. The molecule has 1 aliphatic carbocycles. The summed E-state index contributed by atoms with van der Waals surface area (Å²) in [6, 6.07) is 4.25. The fraction of sp³-hybridized carbons (Fsp3) is 0.545. The van der Waals surface area contributed by atoms with Gasteiger partial charge < -0.3 is 5.73 Å². The lowest BCUT2D eigenvalue weighted by atomic mass is 10.0. The quantitative estimate of drug-likeness (QED) is 0.724. The van der Waals surface area contributed by atoms with Gasteiger partial charge in [-0.1, -0.05) is 31.5 Å². The highest BCUT2D eigenvalue weighted by Gasteiger charge is 2.56. The van der Waals surface area contributed by atoms with E-state index in [1.54, 1.807) is 0 Å². The first-order valence-corrected chi connectivity index (χ1v) is 5.21. The van der Waals surface area contributed by atoms with E-state index < -0.39 is 0 Å². The summed E-state index contributed by atoms with van der Waals surface area (Å²) in [6.45, 7) is 6.27. The summed E-state index contributed by atoms with van der Waals surface area (Å²) in [5.74, 6) is 0.364. The third-order valence-corrected chi connectivity index (χ3v) is 3.57. The second kappa shape index (κ2) is 2.94. The fourth-order valence-electron chi connectivity index (χ4n) is 2.04. The van der Waals surface area contributed by atoms with Crippen molar-refractivity contribution in [1.29, 1.82) is 0 Å². The molecule has 2 atom stereocenters. The topological polar surface area (TPSA) is 38.9 Å². The molecule has 14 heavy (non-hydrogen) atoms.